The third kappa shape index (κ3) is 3.98. The first-order valence-corrected chi connectivity index (χ1v) is 7.82. The molecule has 3 heterocycles. The van der Waals surface area contributed by atoms with E-state index in [0.717, 1.165) is 19.0 Å². The summed E-state index contributed by atoms with van der Waals surface area (Å²) in [5.41, 5.74) is -0.632. The molecule has 0 spiro atoms. The predicted molar refractivity (Wildman–Crippen MR) is 83.2 cm³/mol. The average molecular weight is 354 g/mol. The van der Waals surface area contributed by atoms with Gasteiger partial charge in [0.25, 0.3) is 5.91 Å². The summed E-state index contributed by atoms with van der Waals surface area (Å²) in [5.74, 6) is -0.494. The lowest BCUT2D eigenvalue weighted by Gasteiger charge is -2.22. The number of aromatic nitrogens is 3. The van der Waals surface area contributed by atoms with Gasteiger partial charge in [-0.25, -0.2) is 4.98 Å². The van der Waals surface area contributed by atoms with Crippen LogP contribution in [-0.2, 0) is 10.9 Å². The molecular formula is C16H17F3N4O2. The first-order chi connectivity index (χ1) is 11.8. The van der Waals surface area contributed by atoms with E-state index >= 15 is 0 Å². The first-order valence-electron chi connectivity index (χ1n) is 7.82. The van der Waals surface area contributed by atoms with E-state index in [-0.39, 0.29) is 23.0 Å². The van der Waals surface area contributed by atoms with Gasteiger partial charge in [0.1, 0.15) is 5.69 Å². The van der Waals surface area contributed by atoms with Gasteiger partial charge in [0.2, 0.25) is 0 Å². The van der Waals surface area contributed by atoms with Gasteiger partial charge in [-0.3, -0.25) is 9.48 Å². The van der Waals surface area contributed by atoms with Crippen LogP contribution in [0.5, 0.6) is 0 Å². The van der Waals surface area contributed by atoms with Crippen LogP contribution in [0.4, 0.5) is 18.9 Å². The fourth-order valence-electron chi connectivity index (χ4n) is 2.75. The molecule has 0 radical (unpaired) electrons. The fourth-order valence-corrected chi connectivity index (χ4v) is 2.75. The van der Waals surface area contributed by atoms with Crippen LogP contribution in [-0.4, -0.2) is 33.9 Å². The van der Waals surface area contributed by atoms with Gasteiger partial charge in [0.05, 0.1) is 17.9 Å². The van der Waals surface area contributed by atoms with E-state index < -0.39 is 17.8 Å². The van der Waals surface area contributed by atoms with Gasteiger partial charge in [0.15, 0.2) is 5.69 Å². The number of rotatable bonds is 3. The molecule has 1 N–H and O–H groups in total. The number of nitrogens with zero attached hydrogens (tertiary/aromatic N) is 3. The summed E-state index contributed by atoms with van der Waals surface area (Å²) in [4.78, 5) is 15.6. The molecule has 1 amide bonds. The van der Waals surface area contributed by atoms with Crippen molar-refractivity contribution in [2.45, 2.75) is 32.0 Å². The second-order valence-corrected chi connectivity index (χ2v) is 5.87. The third-order valence-electron chi connectivity index (χ3n) is 4.01. The minimum Gasteiger partial charge on any atom is -0.381 e. The smallest absolute Gasteiger partial charge is 0.381 e. The lowest BCUT2D eigenvalue weighted by atomic mass is 10.1. The number of amides is 1. The number of ether oxygens (including phenoxy) is 1. The maximum Gasteiger partial charge on any atom is 0.433 e. The Morgan fingerprint density at radius 1 is 1.36 bits per heavy atom. The second-order valence-electron chi connectivity index (χ2n) is 5.87. The van der Waals surface area contributed by atoms with Crippen molar-refractivity contribution in [2.24, 2.45) is 0 Å². The van der Waals surface area contributed by atoms with Crippen molar-refractivity contribution in [3.05, 3.63) is 41.5 Å². The topological polar surface area (TPSA) is 69.0 Å². The molecule has 2 aromatic rings. The highest BCUT2D eigenvalue weighted by Gasteiger charge is 2.34. The van der Waals surface area contributed by atoms with E-state index in [2.05, 4.69) is 15.4 Å². The Labute approximate surface area is 142 Å². The molecule has 134 valence electrons. The molecule has 0 saturated carbocycles. The van der Waals surface area contributed by atoms with Crippen molar-refractivity contribution < 1.29 is 22.7 Å². The molecule has 1 aliphatic rings. The minimum atomic E-state index is -4.52. The van der Waals surface area contributed by atoms with Gasteiger partial charge >= 0.3 is 6.18 Å². The maximum atomic E-state index is 12.7. The zero-order valence-corrected chi connectivity index (χ0v) is 13.5. The van der Waals surface area contributed by atoms with Gasteiger partial charge in [-0.15, -0.1) is 0 Å². The molecule has 3 rings (SSSR count). The summed E-state index contributed by atoms with van der Waals surface area (Å²) in [7, 11) is 0. The van der Waals surface area contributed by atoms with Gasteiger partial charge in [-0.2, -0.15) is 18.3 Å². The van der Waals surface area contributed by atoms with Crippen molar-refractivity contribution >= 4 is 11.6 Å². The molecule has 9 heteroatoms. The van der Waals surface area contributed by atoms with Crippen molar-refractivity contribution in [3.8, 4) is 0 Å². The minimum absolute atomic E-state index is 0.0574. The Hall–Kier alpha value is -2.42. The molecule has 0 atom stereocenters. The van der Waals surface area contributed by atoms with Crippen LogP contribution in [0.2, 0.25) is 0 Å². The highest BCUT2D eigenvalue weighted by molar-refractivity contribution is 6.02. The summed E-state index contributed by atoms with van der Waals surface area (Å²) in [6.07, 6.45) is -0.158. The normalized spacial score (nSPS) is 16.0. The van der Waals surface area contributed by atoms with Crippen LogP contribution >= 0.6 is 0 Å². The second kappa shape index (κ2) is 6.83. The molecule has 25 heavy (non-hydrogen) atoms. The van der Waals surface area contributed by atoms with Crippen LogP contribution in [0.3, 0.4) is 0 Å². The van der Waals surface area contributed by atoms with E-state index in [0.29, 0.717) is 13.2 Å². The third-order valence-corrected chi connectivity index (χ3v) is 4.01. The Kier molecular flexibility index (Phi) is 4.76. The zero-order chi connectivity index (χ0) is 18.0. The van der Waals surface area contributed by atoms with Crippen LogP contribution in [0.15, 0.2) is 24.5 Å². The summed E-state index contributed by atoms with van der Waals surface area (Å²) < 4.78 is 45.2. The highest BCUT2D eigenvalue weighted by Crippen LogP contribution is 2.31. The molecule has 1 fully saturated rings. The maximum absolute atomic E-state index is 12.7. The predicted octanol–water partition coefficient (Wildman–Crippen LogP) is 3.21. The van der Waals surface area contributed by atoms with Crippen LogP contribution in [0.25, 0.3) is 0 Å². The largest absolute Gasteiger partial charge is 0.433 e. The van der Waals surface area contributed by atoms with Gasteiger partial charge in [-0.1, -0.05) is 0 Å². The van der Waals surface area contributed by atoms with E-state index in [9.17, 15) is 18.0 Å². The van der Waals surface area contributed by atoms with Crippen molar-refractivity contribution in [2.75, 3.05) is 18.5 Å². The monoisotopic (exact) mass is 354 g/mol. The number of nitrogens with one attached hydrogen (secondary N) is 1. The number of hydrogen-bond acceptors (Lipinski definition) is 4. The Balaban J connectivity index is 1.70. The quantitative estimate of drug-likeness (QED) is 0.919. The number of pyridine rings is 1. The highest BCUT2D eigenvalue weighted by atomic mass is 19.4. The zero-order valence-electron chi connectivity index (χ0n) is 13.5. The average Bonchev–Trinajstić information content (AvgIpc) is 3.04. The Morgan fingerprint density at radius 3 is 2.72 bits per heavy atom. The number of halogens is 3. The Morgan fingerprint density at radius 2 is 2.08 bits per heavy atom. The molecule has 1 saturated heterocycles. The Bertz CT molecular complexity index is 767. The SMILES string of the molecule is Cc1cc(NC(=O)c2ccn(C3CCOCC3)n2)cnc1C(F)(F)F. The molecule has 6 nitrogen and oxygen atoms in total. The number of carbonyl (C=O) groups excluding carboxylic acids is 1. The lowest BCUT2D eigenvalue weighted by Crippen LogP contribution is -2.21. The summed E-state index contributed by atoms with van der Waals surface area (Å²) in [5, 5.41) is 6.78. The van der Waals surface area contributed by atoms with Gasteiger partial charge in [-0.05, 0) is 37.5 Å². The molecule has 0 aromatic carbocycles. The number of carbonyl (C=O) groups is 1. The summed E-state index contributed by atoms with van der Waals surface area (Å²) in [6, 6.07) is 3.00. The van der Waals surface area contributed by atoms with Crippen LogP contribution < -0.4 is 5.32 Å². The lowest BCUT2D eigenvalue weighted by molar-refractivity contribution is -0.141. The number of hydrogen-bond donors (Lipinski definition) is 1. The summed E-state index contributed by atoms with van der Waals surface area (Å²) in [6.45, 7) is 2.61. The number of aryl methyl sites for hydroxylation is 1. The molecule has 1 aliphatic heterocycles. The van der Waals surface area contributed by atoms with E-state index in [1.54, 1.807) is 16.9 Å². The molecule has 0 unspecified atom stereocenters. The van der Waals surface area contributed by atoms with E-state index in [1.807, 2.05) is 0 Å². The number of anilines is 1. The molecule has 0 bridgehead atoms. The summed E-state index contributed by atoms with van der Waals surface area (Å²) >= 11 is 0. The molecular weight excluding hydrogens is 337 g/mol. The van der Waals surface area contributed by atoms with Crippen LogP contribution in [0, 0.1) is 6.92 Å². The van der Waals surface area contributed by atoms with Gasteiger partial charge in [0, 0.05) is 19.4 Å². The molecule has 0 aliphatic carbocycles. The van der Waals surface area contributed by atoms with Crippen LogP contribution in [0.1, 0.15) is 40.6 Å². The van der Waals surface area contributed by atoms with Crippen molar-refractivity contribution in [1.82, 2.24) is 14.8 Å². The van der Waals surface area contributed by atoms with Crippen molar-refractivity contribution in [3.63, 3.8) is 0 Å². The van der Waals surface area contributed by atoms with E-state index in [1.165, 1.54) is 13.0 Å². The van der Waals surface area contributed by atoms with E-state index in [4.69, 9.17) is 4.74 Å². The number of alkyl halides is 3. The van der Waals surface area contributed by atoms with Crippen molar-refractivity contribution in [1.29, 1.82) is 0 Å². The standard InChI is InChI=1S/C16H17F3N4O2/c1-10-8-11(9-20-14(10)16(17,18)19)21-15(24)13-2-5-23(22-13)12-3-6-25-7-4-12/h2,5,8-9,12H,3-4,6-7H2,1H3,(H,21,24). The fraction of sp³-hybridized carbons (Fsp3) is 0.438. The van der Waals surface area contributed by atoms with Gasteiger partial charge < -0.3 is 10.1 Å². The first kappa shape index (κ1) is 17.4. The molecule has 2 aromatic heterocycles.